The third-order valence-electron chi connectivity index (χ3n) is 3.67. The summed E-state index contributed by atoms with van der Waals surface area (Å²) < 4.78 is 0. The first-order valence-corrected chi connectivity index (χ1v) is 6.35. The molecule has 1 saturated heterocycles. The van der Waals surface area contributed by atoms with Gasteiger partial charge in [0.15, 0.2) is 0 Å². The number of carbonyl (C=O) groups excluding carboxylic acids is 2. The predicted octanol–water partition coefficient (Wildman–Crippen LogP) is -0.109. The molecule has 0 aromatic carbocycles. The molecule has 1 aliphatic heterocycles. The summed E-state index contributed by atoms with van der Waals surface area (Å²) >= 11 is 0. The van der Waals surface area contributed by atoms with E-state index in [1.165, 1.54) is 0 Å². The van der Waals surface area contributed by atoms with Crippen LogP contribution in [0.4, 0.5) is 4.79 Å². The second-order valence-corrected chi connectivity index (χ2v) is 5.57. The van der Waals surface area contributed by atoms with E-state index >= 15 is 0 Å². The molecule has 0 bridgehead atoms. The van der Waals surface area contributed by atoms with Crippen LogP contribution in [0.25, 0.3) is 0 Å². The lowest BCUT2D eigenvalue weighted by Gasteiger charge is -2.38. The minimum absolute atomic E-state index is 0.216. The van der Waals surface area contributed by atoms with Crippen LogP contribution in [-0.4, -0.2) is 49.6 Å². The van der Waals surface area contributed by atoms with Crippen molar-refractivity contribution < 1.29 is 9.59 Å². The maximum absolute atomic E-state index is 11.5. The van der Waals surface area contributed by atoms with Gasteiger partial charge in [0, 0.05) is 6.54 Å². The average molecular weight is 256 g/mol. The highest BCUT2D eigenvalue weighted by atomic mass is 16.2. The molecule has 4 N–H and O–H groups in total. The zero-order chi connectivity index (χ0) is 13.8. The SMILES string of the molecule is CC(NCC1(C)CCN(C)CC1)C(=O)NC(N)=O. The van der Waals surface area contributed by atoms with Gasteiger partial charge in [-0.3, -0.25) is 10.1 Å². The lowest BCUT2D eigenvalue weighted by molar-refractivity contribution is -0.121. The second-order valence-electron chi connectivity index (χ2n) is 5.57. The fourth-order valence-corrected chi connectivity index (χ4v) is 2.06. The van der Waals surface area contributed by atoms with E-state index in [0.29, 0.717) is 0 Å². The van der Waals surface area contributed by atoms with Gasteiger partial charge in [0.05, 0.1) is 6.04 Å². The van der Waals surface area contributed by atoms with E-state index in [2.05, 4.69) is 29.5 Å². The molecule has 0 aromatic heterocycles. The maximum Gasteiger partial charge on any atom is 0.318 e. The molecule has 0 saturated carbocycles. The Bertz CT molecular complexity index is 311. The van der Waals surface area contributed by atoms with Crippen LogP contribution in [0.2, 0.25) is 0 Å². The number of hydrogen-bond donors (Lipinski definition) is 3. The molecule has 1 fully saturated rings. The number of nitrogens with one attached hydrogen (secondary N) is 2. The van der Waals surface area contributed by atoms with Gasteiger partial charge in [-0.15, -0.1) is 0 Å². The Morgan fingerprint density at radius 3 is 2.44 bits per heavy atom. The van der Waals surface area contributed by atoms with Crippen LogP contribution in [0.1, 0.15) is 26.7 Å². The van der Waals surface area contributed by atoms with Crippen molar-refractivity contribution in [3.63, 3.8) is 0 Å². The molecule has 6 nitrogen and oxygen atoms in total. The molecule has 0 radical (unpaired) electrons. The highest BCUT2D eigenvalue weighted by Gasteiger charge is 2.29. The van der Waals surface area contributed by atoms with Crippen molar-refractivity contribution in [2.24, 2.45) is 11.1 Å². The van der Waals surface area contributed by atoms with Crippen molar-refractivity contribution in [2.75, 3.05) is 26.7 Å². The maximum atomic E-state index is 11.5. The first kappa shape index (κ1) is 14.9. The van der Waals surface area contributed by atoms with Crippen LogP contribution < -0.4 is 16.4 Å². The Hall–Kier alpha value is -1.14. The van der Waals surface area contributed by atoms with Gasteiger partial charge in [0.1, 0.15) is 0 Å². The molecule has 1 unspecified atom stereocenters. The second kappa shape index (κ2) is 6.15. The first-order chi connectivity index (χ1) is 8.32. The minimum Gasteiger partial charge on any atom is -0.351 e. The number of primary amides is 1. The third-order valence-corrected chi connectivity index (χ3v) is 3.67. The molecule has 1 atom stereocenters. The summed E-state index contributed by atoms with van der Waals surface area (Å²) in [6, 6.07) is -1.21. The van der Waals surface area contributed by atoms with Crippen LogP contribution in [-0.2, 0) is 4.79 Å². The van der Waals surface area contributed by atoms with E-state index in [1.54, 1.807) is 6.92 Å². The van der Waals surface area contributed by atoms with Crippen molar-refractivity contribution in [1.29, 1.82) is 0 Å². The zero-order valence-corrected chi connectivity index (χ0v) is 11.5. The molecule has 0 spiro atoms. The quantitative estimate of drug-likeness (QED) is 0.655. The topological polar surface area (TPSA) is 87.5 Å². The zero-order valence-electron chi connectivity index (χ0n) is 11.5. The molecule has 18 heavy (non-hydrogen) atoms. The standard InChI is InChI=1S/C12H24N4O2/c1-9(10(17)15-11(13)18)14-8-12(2)4-6-16(3)7-5-12/h9,14H,4-8H2,1-3H3,(H3,13,15,17,18). The summed E-state index contributed by atoms with van der Waals surface area (Å²) in [7, 11) is 2.12. The van der Waals surface area contributed by atoms with E-state index in [-0.39, 0.29) is 11.3 Å². The fraction of sp³-hybridized carbons (Fsp3) is 0.833. The van der Waals surface area contributed by atoms with Crippen molar-refractivity contribution in [3.05, 3.63) is 0 Å². The number of carbonyl (C=O) groups is 2. The van der Waals surface area contributed by atoms with E-state index < -0.39 is 12.1 Å². The van der Waals surface area contributed by atoms with E-state index in [4.69, 9.17) is 5.73 Å². The normalized spacial score (nSPS) is 21.3. The molecule has 6 heteroatoms. The van der Waals surface area contributed by atoms with Gasteiger partial charge >= 0.3 is 6.03 Å². The van der Waals surface area contributed by atoms with Crippen molar-refractivity contribution in [1.82, 2.24) is 15.5 Å². The number of urea groups is 1. The van der Waals surface area contributed by atoms with Crippen LogP contribution >= 0.6 is 0 Å². The number of likely N-dealkylation sites (tertiary alicyclic amines) is 1. The number of amides is 3. The summed E-state index contributed by atoms with van der Waals surface area (Å²) in [6.45, 7) is 6.90. The number of hydrogen-bond acceptors (Lipinski definition) is 4. The van der Waals surface area contributed by atoms with Crippen LogP contribution in [0.5, 0.6) is 0 Å². The first-order valence-electron chi connectivity index (χ1n) is 6.35. The highest BCUT2D eigenvalue weighted by Crippen LogP contribution is 2.29. The Labute approximate surface area is 108 Å². The van der Waals surface area contributed by atoms with Gasteiger partial charge in [-0.25, -0.2) is 4.79 Å². The summed E-state index contributed by atoms with van der Waals surface area (Å²) in [6.07, 6.45) is 2.22. The van der Waals surface area contributed by atoms with Gasteiger partial charge in [-0.2, -0.15) is 0 Å². The lowest BCUT2D eigenvalue weighted by Crippen LogP contribution is -2.50. The number of nitrogens with zero attached hydrogens (tertiary/aromatic N) is 1. The van der Waals surface area contributed by atoms with Gasteiger partial charge < -0.3 is 16.0 Å². The van der Waals surface area contributed by atoms with Gasteiger partial charge in [0.25, 0.3) is 0 Å². The molecule has 0 aromatic rings. The molecule has 1 rings (SSSR count). The Morgan fingerprint density at radius 1 is 1.39 bits per heavy atom. The van der Waals surface area contributed by atoms with Crippen LogP contribution in [0.15, 0.2) is 0 Å². The van der Waals surface area contributed by atoms with Gasteiger partial charge in [0.2, 0.25) is 5.91 Å². The fourth-order valence-electron chi connectivity index (χ4n) is 2.06. The molecule has 1 heterocycles. The number of nitrogens with two attached hydrogens (primary N) is 1. The van der Waals surface area contributed by atoms with Gasteiger partial charge in [-0.1, -0.05) is 6.92 Å². The molecular weight excluding hydrogens is 232 g/mol. The summed E-state index contributed by atoms with van der Waals surface area (Å²) in [5, 5.41) is 5.25. The molecule has 104 valence electrons. The average Bonchev–Trinajstić information content (AvgIpc) is 2.29. The van der Waals surface area contributed by atoms with E-state index in [0.717, 1.165) is 32.5 Å². The number of rotatable bonds is 4. The number of piperidine rings is 1. The molecule has 3 amide bonds. The Morgan fingerprint density at radius 2 is 1.94 bits per heavy atom. The predicted molar refractivity (Wildman–Crippen MR) is 70.0 cm³/mol. The molecular formula is C12H24N4O2. The van der Waals surface area contributed by atoms with E-state index in [1.807, 2.05) is 0 Å². The van der Waals surface area contributed by atoms with Crippen molar-refractivity contribution in [3.8, 4) is 0 Å². The lowest BCUT2D eigenvalue weighted by atomic mass is 9.80. The number of imide groups is 1. The largest absolute Gasteiger partial charge is 0.351 e. The third kappa shape index (κ3) is 4.62. The monoisotopic (exact) mass is 256 g/mol. The Kier molecular flexibility index (Phi) is 5.10. The summed E-state index contributed by atoms with van der Waals surface area (Å²) in [5.74, 6) is -0.376. The van der Waals surface area contributed by atoms with Crippen LogP contribution in [0.3, 0.4) is 0 Å². The van der Waals surface area contributed by atoms with E-state index in [9.17, 15) is 9.59 Å². The molecule has 1 aliphatic rings. The summed E-state index contributed by atoms with van der Waals surface area (Å²) in [5.41, 5.74) is 5.12. The van der Waals surface area contributed by atoms with Crippen molar-refractivity contribution in [2.45, 2.75) is 32.7 Å². The van der Waals surface area contributed by atoms with Crippen molar-refractivity contribution >= 4 is 11.9 Å². The van der Waals surface area contributed by atoms with Crippen LogP contribution in [0, 0.1) is 5.41 Å². The highest BCUT2D eigenvalue weighted by molar-refractivity contribution is 5.96. The molecule has 0 aliphatic carbocycles. The summed E-state index contributed by atoms with van der Waals surface area (Å²) in [4.78, 5) is 24.4. The smallest absolute Gasteiger partial charge is 0.318 e. The minimum atomic E-state index is -0.806. The van der Waals surface area contributed by atoms with Gasteiger partial charge in [-0.05, 0) is 45.3 Å². The Balaban J connectivity index is 2.35.